The van der Waals surface area contributed by atoms with Crippen LogP contribution in [0.25, 0.3) is 23.3 Å². The van der Waals surface area contributed by atoms with Crippen LogP contribution in [0.2, 0.25) is 0 Å². The molecular weight excluding hydrogens is 377 g/mol. The molecule has 0 aliphatic carbocycles. The molecule has 0 spiro atoms. The van der Waals surface area contributed by atoms with E-state index in [1.54, 1.807) is 62.4 Å². The van der Waals surface area contributed by atoms with Gasteiger partial charge in [0.1, 0.15) is 5.82 Å². The number of ether oxygens (including phenoxy) is 1. The Morgan fingerprint density at radius 2 is 1.66 bits per heavy atom. The number of aliphatic hydroxyl groups is 1. The highest BCUT2D eigenvalue weighted by Crippen LogP contribution is 2.30. The fourth-order valence-electron chi connectivity index (χ4n) is 2.92. The third-order valence-electron chi connectivity index (χ3n) is 4.53. The van der Waals surface area contributed by atoms with E-state index in [9.17, 15) is 18.3 Å². The van der Waals surface area contributed by atoms with Gasteiger partial charge in [-0.3, -0.25) is 0 Å². The Hall–Kier alpha value is -3.05. The molecule has 0 aromatic heterocycles. The van der Waals surface area contributed by atoms with Crippen molar-refractivity contribution in [3.05, 3.63) is 88.7 Å². The number of hydrogen-bond acceptors (Lipinski definition) is 2. The maximum atomic E-state index is 14.3. The van der Waals surface area contributed by atoms with Gasteiger partial charge >= 0.3 is 0 Å². The van der Waals surface area contributed by atoms with Crippen molar-refractivity contribution in [2.24, 2.45) is 0 Å². The summed E-state index contributed by atoms with van der Waals surface area (Å²) in [6.07, 6.45) is 2.61. The summed E-state index contributed by atoms with van der Waals surface area (Å²) in [5.41, 5.74) is 2.33. The number of benzene rings is 3. The summed E-state index contributed by atoms with van der Waals surface area (Å²) in [7, 11) is 0. The molecule has 0 radical (unpaired) electrons. The first-order valence-electron chi connectivity index (χ1n) is 9.27. The number of halogens is 3. The predicted molar refractivity (Wildman–Crippen MR) is 109 cm³/mol. The van der Waals surface area contributed by atoms with E-state index in [-0.39, 0.29) is 17.9 Å². The van der Waals surface area contributed by atoms with E-state index in [2.05, 4.69) is 0 Å². The van der Waals surface area contributed by atoms with Crippen LogP contribution in [0.4, 0.5) is 13.2 Å². The number of rotatable bonds is 6. The lowest BCUT2D eigenvalue weighted by molar-refractivity contribution is 0.199. The molecule has 29 heavy (non-hydrogen) atoms. The van der Waals surface area contributed by atoms with E-state index in [0.29, 0.717) is 16.7 Å². The lowest BCUT2D eigenvalue weighted by atomic mass is 10.0. The van der Waals surface area contributed by atoms with Crippen LogP contribution >= 0.6 is 0 Å². The summed E-state index contributed by atoms with van der Waals surface area (Å²) in [6, 6.07) is 14.3. The van der Waals surface area contributed by atoms with Gasteiger partial charge in [-0.1, -0.05) is 48.6 Å². The van der Waals surface area contributed by atoms with Crippen molar-refractivity contribution in [3.8, 4) is 16.9 Å². The van der Waals surface area contributed by atoms with Crippen molar-refractivity contribution in [2.45, 2.75) is 20.0 Å². The van der Waals surface area contributed by atoms with Crippen molar-refractivity contribution in [2.75, 3.05) is 6.61 Å². The maximum Gasteiger partial charge on any atom is 0.201 e. The summed E-state index contributed by atoms with van der Waals surface area (Å²) in [4.78, 5) is 0. The highest BCUT2D eigenvalue weighted by atomic mass is 19.2. The molecule has 3 rings (SSSR count). The zero-order valence-corrected chi connectivity index (χ0v) is 16.1. The molecule has 5 heteroatoms. The van der Waals surface area contributed by atoms with Crippen molar-refractivity contribution in [1.82, 2.24) is 0 Å². The second-order valence-electron chi connectivity index (χ2n) is 6.58. The molecule has 1 N–H and O–H groups in total. The van der Waals surface area contributed by atoms with Crippen molar-refractivity contribution in [3.63, 3.8) is 0 Å². The summed E-state index contributed by atoms with van der Waals surface area (Å²) in [5, 5.41) is 9.50. The highest BCUT2D eigenvalue weighted by molar-refractivity contribution is 5.72. The number of hydrogen-bond donors (Lipinski definition) is 1. The lowest BCUT2D eigenvalue weighted by Gasteiger charge is -2.09. The van der Waals surface area contributed by atoms with E-state index in [0.717, 1.165) is 5.56 Å². The van der Waals surface area contributed by atoms with Crippen LogP contribution in [0.5, 0.6) is 5.75 Å². The molecule has 2 nitrogen and oxygen atoms in total. The van der Waals surface area contributed by atoms with Gasteiger partial charge in [-0.25, -0.2) is 8.78 Å². The Kier molecular flexibility index (Phi) is 6.39. The predicted octanol–water partition coefficient (Wildman–Crippen LogP) is 6.39. The zero-order valence-electron chi connectivity index (χ0n) is 16.1. The van der Waals surface area contributed by atoms with E-state index in [4.69, 9.17) is 4.74 Å². The molecule has 1 atom stereocenters. The molecule has 0 aliphatic rings. The first-order valence-corrected chi connectivity index (χ1v) is 9.27. The van der Waals surface area contributed by atoms with Gasteiger partial charge in [-0.05, 0) is 48.7 Å². The molecule has 0 saturated heterocycles. The quantitative estimate of drug-likeness (QED) is 0.487. The molecule has 0 amide bonds. The second kappa shape index (κ2) is 8.97. The Labute approximate surface area is 167 Å². The van der Waals surface area contributed by atoms with Gasteiger partial charge in [0, 0.05) is 11.1 Å². The molecule has 0 saturated carbocycles. The first kappa shape index (κ1) is 20.7. The normalized spacial score (nSPS) is 12.3. The third-order valence-corrected chi connectivity index (χ3v) is 4.53. The highest BCUT2D eigenvalue weighted by Gasteiger charge is 2.15. The fourth-order valence-corrected chi connectivity index (χ4v) is 2.92. The SMILES string of the molecule is CCOc1ccc(-c2ccc(/C=C/c3ccc(C(C)O)cc3F)cc2)c(F)c1F. The largest absolute Gasteiger partial charge is 0.491 e. The summed E-state index contributed by atoms with van der Waals surface area (Å²) < 4.78 is 47.6. The Bertz CT molecular complexity index is 1030. The minimum Gasteiger partial charge on any atom is -0.491 e. The van der Waals surface area contributed by atoms with Crippen molar-refractivity contribution >= 4 is 12.2 Å². The fraction of sp³-hybridized carbons (Fsp3) is 0.167. The van der Waals surface area contributed by atoms with Gasteiger partial charge < -0.3 is 9.84 Å². The van der Waals surface area contributed by atoms with Crippen LogP contribution < -0.4 is 4.74 Å². The van der Waals surface area contributed by atoms with Gasteiger partial charge in [0.05, 0.1) is 12.7 Å². The lowest BCUT2D eigenvalue weighted by Crippen LogP contribution is -1.98. The molecule has 0 fully saturated rings. The maximum absolute atomic E-state index is 14.3. The van der Waals surface area contributed by atoms with E-state index >= 15 is 0 Å². The Balaban J connectivity index is 1.81. The van der Waals surface area contributed by atoms with Gasteiger partial charge in [0.25, 0.3) is 0 Å². The molecule has 1 unspecified atom stereocenters. The topological polar surface area (TPSA) is 29.5 Å². The molecule has 3 aromatic rings. The first-order chi connectivity index (χ1) is 13.9. The van der Waals surface area contributed by atoms with Crippen LogP contribution in [0, 0.1) is 17.5 Å². The van der Waals surface area contributed by atoms with Crippen molar-refractivity contribution in [1.29, 1.82) is 0 Å². The van der Waals surface area contributed by atoms with Gasteiger partial charge in [0.15, 0.2) is 11.6 Å². The van der Waals surface area contributed by atoms with Crippen LogP contribution in [-0.2, 0) is 0 Å². The van der Waals surface area contributed by atoms with Gasteiger partial charge in [-0.15, -0.1) is 0 Å². The van der Waals surface area contributed by atoms with Crippen LogP contribution in [0.1, 0.15) is 36.6 Å². The van der Waals surface area contributed by atoms with Gasteiger partial charge in [-0.2, -0.15) is 4.39 Å². The average Bonchev–Trinajstić information content (AvgIpc) is 2.71. The molecule has 0 bridgehead atoms. The standard InChI is InChI=1S/C24H21F3O2/c1-3-29-22-13-12-20(23(26)24(22)27)17-7-4-16(5-8-17)6-9-18-10-11-19(15(2)28)14-21(18)25/h4-15,28H,3H2,1-2H3/b9-6+. The molecule has 3 aromatic carbocycles. The number of aliphatic hydroxyl groups excluding tert-OH is 1. The monoisotopic (exact) mass is 398 g/mol. The van der Waals surface area contributed by atoms with E-state index in [1.807, 2.05) is 0 Å². The Morgan fingerprint density at radius 3 is 2.28 bits per heavy atom. The molecule has 0 heterocycles. The smallest absolute Gasteiger partial charge is 0.201 e. The zero-order chi connectivity index (χ0) is 21.0. The minimum atomic E-state index is -1.01. The summed E-state index contributed by atoms with van der Waals surface area (Å²) in [6.45, 7) is 3.52. The minimum absolute atomic E-state index is 0.114. The summed E-state index contributed by atoms with van der Waals surface area (Å²) >= 11 is 0. The molecule has 150 valence electrons. The summed E-state index contributed by atoms with van der Waals surface area (Å²) in [5.74, 6) is -2.51. The van der Waals surface area contributed by atoms with Crippen molar-refractivity contribution < 1.29 is 23.0 Å². The van der Waals surface area contributed by atoms with E-state index < -0.39 is 23.6 Å². The van der Waals surface area contributed by atoms with Crippen LogP contribution in [0.15, 0.2) is 54.6 Å². The van der Waals surface area contributed by atoms with E-state index in [1.165, 1.54) is 18.2 Å². The average molecular weight is 398 g/mol. The van der Waals surface area contributed by atoms with Crippen LogP contribution in [0.3, 0.4) is 0 Å². The third kappa shape index (κ3) is 4.69. The molecule has 0 aliphatic heterocycles. The van der Waals surface area contributed by atoms with Gasteiger partial charge in [0.2, 0.25) is 5.82 Å². The van der Waals surface area contributed by atoms with Crippen LogP contribution in [-0.4, -0.2) is 11.7 Å². The molecular formula is C24H21F3O2. The second-order valence-corrected chi connectivity index (χ2v) is 6.58. The Morgan fingerprint density at radius 1 is 0.931 bits per heavy atom.